The van der Waals surface area contributed by atoms with Gasteiger partial charge in [0.15, 0.2) is 0 Å². The predicted molar refractivity (Wildman–Crippen MR) is 71.3 cm³/mol. The highest BCUT2D eigenvalue weighted by atomic mass is 16.5. The minimum Gasteiger partial charge on any atom is -0.463 e. The molecule has 0 unspecified atom stereocenters. The van der Waals surface area contributed by atoms with Crippen molar-refractivity contribution in [1.29, 1.82) is 0 Å². The summed E-state index contributed by atoms with van der Waals surface area (Å²) >= 11 is 0. The Kier molecular flexibility index (Phi) is 4.12. The topological polar surface area (TPSA) is 83.2 Å². The molecule has 0 bridgehead atoms. The standard InChI is InChI=1S/C13H16N4O2/c1-3-8-18-12-15-11(14)16-13(17-12)19-10-7-5-4-6-9(10)2/h4-7H,3,8H2,1-2H3,(H2,14,15,16,17). The Labute approximate surface area is 111 Å². The van der Waals surface area contributed by atoms with Crippen LogP contribution in [0.15, 0.2) is 24.3 Å². The van der Waals surface area contributed by atoms with E-state index >= 15 is 0 Å². The molecule has 0 spiro atoms. The van der Waals surface area contributed by atoms with Gasteiger partial charge in [0.05, 0.1) is 6.61 Å². The lowest BCUT2D eigenvalue weighted by Crippen LogP contribution is -2.06. The van der Waals surface area contributed by atoms with Crippen molar-refractivity contribution in [2.75, 3.05) is 12.3 Å². The molecule has 0 atom stereocenters. The maximum absolute atomic E-state index is 5.60. The molecular formula is C13H16N4O2. The average molecular weight is 260 g/mol. The van der Waals surface area contributed by atoms with Crippen molar-refractivity contribution in [3.05, 3.63) is 29.8 Å². The third-order valence-corrected chi connectivity index (χ3v) is 2.34. The van der Waals surface area contributed by atoms with Gasteiger partial charge in [-0.2, -0.15) is 9.97 Å². The van der Waals surface area contributed by atoms with Crippen LogP contribution in [0.25, 0.3) is 0 Å². The molecule has 0 amide bonds. The molecule has 19 heavy (non-hydrogen) atoms. The van der Waals surface area contributed by atoms with Crippen LogP contribution in [-0.2, 0) is 0 Å². The van der Waals surface area contributed by atoms with E-state index in [0.29, 0.717) is 12.4 Å². The Bertz CT molecular complexity index is 560. The van der Waals surface area contributed by atoms with E-state index in [0.717, 1.165) is 12.0 Å². The molecule has 0 aliphatic carbocycles. The average Bonchev–Trinajstić information content (AvgIpc) is 2.38. The second-order valence-electron chi connectivity index (χ2n) is 3.97. The number of aromatic nitrogens is 3. The van der Waals surface area contributed by atoms with Crippen LogP contribution < -0.4 is 15.2 Å². The van der Waals surface area contributed by atoms with Gasteiger partial charge in [-0.1, -0.05) is 25.1 Å². The quantitative estimate of drug-likeness (QED) is 0.888. The number of rotatable bonds is 5. The number of nitrogens with zero attached hydrogens (tertiary/aromatic N) is 3. The first-order chi connectivity index (χ1) is 9.19. The first-order valence-corrected chi connectivity index (χ1v) is 6.07. The van der Waals surface area contributed by atoms with E-state index in [4.69, 9.17) is 15.2 Å². The molecule has 2 aromatic rings. The zero-order chi connectivity index (χ0) is 13.7. The van der Waals surface area contributed by atoms with Gasteiger partial charge in [-0.3, -0.25) is 0 Å². The van der Waals surface area contributed by atoms with Crippen molar-refractivity contribution in [3.8, 4) is 17.8 Å². The summed E-state index contributed by atoms with van der Waals surface area (Å²) in [5.41, 5.74) is 6.58. The van der Waals surface area contributed by atoms with Crippen LogP contribution in [-0.4, -0.2) is 21.6 Å². The second kappa shape index (κ2) is 5.99. The fourth-order valence-electron chi connectivity index (χ4n) is 1.43. The van der Waals surface area contributed by atoms with Crippen LogP contribution in [0.5, 0.6) is 17.8 Å². The fourth-order valence-corrected chi connectivity index (χ4v) is 1.43. The van der Waals surface area contributed by atoms with Crippen LogP contribution in [0, 0.1) is 6.92 Å². The summed E-state index contributed by atoms with van der Waals surface area (Å²) in [6.07, 6.45) is 0.861. The lowest BCUT2D eigenvalue weighted by atomic mass is 10.2. The smallest absolute Gasteiger partial charge is 0.330 e. The number of benzene rings is 1. The second-order valence-corrected chi connectivity index (χ2v) is 3.97. The van der Waals surface area contributed by atoms with Gasteiger partial charge >= 0.3 is 12.0 Å². The molecule has 0 aliphatic rings. The number of ether oxygens (including phenoxy) is 2. The molecule has 1 aromatic heterocycles. The predicted octanol–water partition coefficient (Wildman–Crippen LogP) is 2.34. The van der Waals surface area contributed by atoms with Gasteiger partial charge in [0.25, 0.3) is 0 Å². The number of nitrogen functional groups attached to an aromatic ring is 1. The number of hydrogen-bond acceptors (Lipinski definition) is 6. The Morgan fingerprint density at radius 3 is 2.58 bits per heavy atom. The number of nitrogens with two attached hydrogens (primary N) is 1. The Morgan fingerprint density at radius 2 is 1.84 bits per heavy atom. The number of anilines is 1. The maximum Gasteiger partial charge on any atom is 0.330 e. The van der Waals surface area contributed by atoms with E-state index in [9.17, 15) is 0 Å². The summed E-state index contributed by atoms with van der Waals surface area (Å²) in [4.78, 5) is 11.9. The lowest BCUT2D eigenvalue weighted by molar-refractivity contribution is 0.285. The molecule has 0 saturated carbocycles. The van der Waals surface area contributed by atoms with Crippen LogP contribution >= 0.6 is 0 Å². The summed E-state index contributed by atoms with van der Waals surface area (Å²) in [6, 6.07) is 7.89. The fraction of sp³-hybridized carbons (Fsp3) is 0.308. The zero-order valence-corrected chi connectivity index (χ0v) is 11.0. The van der Waals surface area contributed by atoms with Crippen LogP contribution in [0.2, 0.25) is 0 Å². The normalized spacial score (nSPS) is 10.2. The van der Waals surface area contributed by atoms with E-state index in [1.54, 1.807) is 0 Å². The summed E-state index contributed by atoms with van der Waals surface area (Å²) in [6.45, 7) is 4.46. The van der Waals surface area contributed by atoms with Crippen molar-refractivity contribution >= 4 is 5.95 Å². The first kappa shape index (κ1) is 13.1. The first-order valence-electron chi connectivity index (χ1n) is 6.07. The van der Waals surface area contributed by atoms with Crippen molar-refractivity contribution in [2.24, 2.45) is 0 Å². The Balaban J connectivity index is 2.20. The monoisotopic (exact) mass is 260 g/mol. The Morgan fingerprint density at radius 1 is 1.11 bits per heavy atom. The highest BCUT2D eigenvalue weighted by molar-refractivity contribution is 5.34. The van der Waals surface area contributed by atoms with E-state index in [1.165, 1.54) is 0 Å². The molecule has 0 fully saturated rings. The third kappa shape index (κ3) is 3.54. The molecule has 0 radical (unpaired) electrons. The Hall–Kier alpha value is -2.37. The SMILES string of the molecule is CCCOc1nc(N)nc(Oc2ccccc2C)n1. The lowest BCUT2D eigenvalue weighted by Gasteiger charge is -2.08. The van der Waals surface area contributed by atoms with Gasteiger partial charge in [-0.05, 0) is 25.0 Å². The van der Waals surface area contributed by atoms with Crippen molar-refractivity contribution in [3.63, 3.8) is 0 Å². The molecule has 6 nitrogen and oxygen atoms in total. The van der Waals surface area contributed by atoms with Crippen LogP contribution in [0.3, 0.4) is 0 Å². The molecule has 2 rings (SSSR count). The van der Waals surface area contributed by atoms with E-state index in [2.05, 4.69) is 15.0 Å². The minimum atomic E-state index is 0.0738. The molecule has 0 aliphatic heterocycles. The maximum atomic E-state index is 5.60. The molecular weight excluding hydrogens is 244 g/mol. The zero-order valence-electron chi connectivity index (χ0n) is 11.0. The minimum absolute atomic E-state index is 0.0738. The molecule has 0 saturated heterocycles. The van der Waals surface area contributed by atoms with Crippen LogP contribution in [0.4, 0.5) is 5.95 Å². The van der Waals surface area contributed by atoms with Gasteiger partial charge in [-0.15, -0.1) is 4.98 Å². The van der Waals surface area contributed by atoms with E-state index < -0.39 is 0 Å². The highest BCUT2D eigenvalue weighted by Crippen LogP contribution is 2.23. The van der Waals surface area contributed by atoms with Crippen LogP contribution in [0.1, 0.15) is 18.9 Å². The molecule has 6 heteroatoms. The van der Waals surface area contributed by atoms with Gasteiger partial charge in [0.2, 0.25) is 5.95 Å². The summed E-state index contributed by atoms with van der Waals surface area (Å²) in [7, 11) is 0. The summed E-state index contributed by atoms with van der Waals surface area (Å²) in [5.74, 6) is 0.749. The summed E-state index contributed by atoms with van der Waals surface area (Å²) in [5, 5.41) is 0. The van der Waals surface area contributed by atoms with Gasteiger partial charge in [-0.25, -0.2) is 0 Å². The van der Waals surface area contributed by atoms with Crippen molar-refractivity contribution in [2.45, 2.75) is 20.3 Å². The molecule has 2 N–H and O–H groups in total. The third-order valence-electron chi connectivity index (χ3n) is 2.34. The highest BCUT2D eigenvalue weighted by Gasteiger charge is 2.08. The largest absolute Gasteiger partial charge is 0.463 e. The number of hydrogen-bond donors (Lipinski definition) is 1. The van der Waals surface area contributed by atoms with Gasteiger partial charge in [0, 0.05) is 0 Å². The van der Waals surface area contributed by atoms with Crippen molar-refractivity contribution < 1.29 is 9.47 Å². The van der Waals surface area contributed by atoms with E-state index in [-0.39, 0.29) is 18.0 Å². The molecule has 1 aromatic carbocycles. The molecule has 100 valence electrons. The number of aryl methyl sites for hydroxylation is 1. The molecule has 1 heterocycles. The summed E-state index contributed by atoms with van der Waals surface area (Å²) < 4.78 is 10.9. The van der Waals surface area contributed by atoms with Gasteiger partial charge in [0.1, 0.15) is 5.75 Å². The number of para-hydroxylation sites is 1. The van der Waals surface area contributed by atoms with E-state index in [1.807, 2.05) is 38.1 Å². The van der Waals surface area contributed by atoms with Gasteiger partial charge < -0.3 is 15.2 Å². The van der Waals surface area contributed by atoms with Crippen molar-refractivity contribution in [1.82, 2.24) is 15.0 Å².